The van der Waals surface area contributed by atoms with Crippen LogP contribution in [0, 0.1) is 6.92 Å². The average molecular weight is 191 g/mol. The lowest BCUT2D eigenvalue weighted by atomic mass is 10.1. The van der Waals surface area contributed by atoms with Crippen LogP contribution in [0.25, 0.3) is 6.08 Å². The Morgan fingerprint density at radius 1 is 1.36 bits per heavy atom. The average Bonchev–Trinajstić information content (AvgIpc) is 2.24. The van der Waals surface area contributed by atoms with Gasteiger partial charge in [-0.3, -0.25) is 4.98 Å². The molecule has 0 saturated carbocycles. The molecular formula is C13H21N. The molecule has 0 aliphatic rings. The predicted octanol–water partition coefficient (Wildman–Crippen LogP) is 4.01. The van der Waals surface area contributed by atoms with Crippen LogP contribution in [-0.4, -0.2) is 4.98 Å². The summed E-state index contributed by atoms with van der Waals surface area (Å²) in [6, 6.07) is 2.20. The molecule has 1 rings (SSSR count). The smallest absolute Gasteiger partial charge is 0.0658 e. The molecular weight excluding hydrogens is 170 g/mol. The highest BCUT2D eigenvalue weighted by molar-refractivity contribution is 5.49. The first-order chi connectivity index (χ1) is 6.77. The second-order valence-electron chi connectivity index (χ2n) is 2.91. The minimum Gasteiger partial charge on any atom is -0.256 e. The van der Waals surface area contributed by atoms with E-state index in [1.54, 1.807) is 0 Å². The van der Waals surface area contributed by atoms with Gasteiger partial charge in [0.15, 0.2) is 0 Å². The summed E-state index contributed by atoms with van der Waals surface area (Å²) < 4.78 is 0. The summed E-state index contributed by atoms with van der Waals surface area (Å²) in [6.45, 7) is 10.2. The van der Waals surface area contributed by atoms with Gasteiger partial charge in [-0.05, 0) is 37.5 Å². The van der Waals surface area contributed by atoms with Gasteiger partial charge in [0.05, 0.1) is 5.69 Å². The van der Waals surface area contributed by atoms with Crippen LogP contribution in [-0.2, 0) is 6.42 Å². The maximum Gasteiger partial charge on any atom is 0.0658 e. The van der Waals surface area contributed by atoms with Gasteiger partial charge in [0, 0.05) is 6.20 Å². The third kappa shape index (κ3) is 3.73. The second-order valence-corrected chi connectivity index (χ2v) is 2.91. The van der Waals surface area contributed by atoms with Gasteiger partial charge in [-0.2, -0.15) is 0 Å². The van der Waals surface area contributed by atoms with E-state index in [0.29, 0.717) is 0 Å². The summed E-state index contributed by atoms with van der Waals surface area (Å²) in [5.74, 6) is 0. The summed E-state index contributed by atoms with van der Waals surface area (Å²) in [5, 5.41) is 0. The number of rotatable bonds is 2. The summed E-state index contributed by atoms with van der Waals surface area (Å²) in [5.41, 5.74) is 3.67. The molecule has 0 aromatic carbocycles. The summed E-state index contributed by atoms with van der Waals surface area (Å²) in [4.78, 5) is 4.35. The van der Waals surface area contributed by atoms with Crippen LogP contribution in [0.4, 0.5) is 0 Å². The fraction of sp³-hybridized carbons (Fsp3) is 0.462. The molecule has 1 aromatic rings. The van der Waals surface area contributed by atoms with Crippen molar-refractivity contribution in [2.45, 2.75) is 41.0 Å². The van der Waals surface area contributed by atoms with Crippen molar-refractivity contribution in [2.75, 3.05) is 0 Å². The first-order valence-corrected chi connectivity index (χ1v) is 5.36. The first-order valence-electron chi connectivity index (χ1n) is 5.36. The molecule has 0 spiro atoms. The van der Waals surface area contributed by atoms with E-state index in [1.807, 2.05) is 33.0 Å². The summed E-state index contributed by atoms with van der Waals surface area (Å²) >= 11 is 0. The van der Waals surface area contributed by atoms with Crippen molar-refractivity contribution in [2.24, 2.45) is 0 Å². The van der Waals surface area contributed by atoms with Crippen LogP contribution in [0.5, 0.6) is 0 Å². The van der Waals surface area contributed by atoms with E-state index in [9.17, 15) is 0 Å². The summed E-state index contributed by atoms with van der Waals surface area (Å²) in [6.07, 6.45) is 7.04. The van der Waals surface area contributed by atoms with Gasteiger partial charge >= 0.3 is 0 Å². The van der Waals surface area contributed by atoms with Gasteiger partial charge in [-0.1, -0.05) is 32.9 Å². The molecule has 78 valence electrons. The van der Waals surface area contributed by atoms with Crippen molar-refractivity contribution in [3.05, 3.63) is 35.2 Å². The zero-order valence-corrected chi connectivity index (χ0v) is 9.96. The van der Waals surface area contributed by atoms with E-state index < -0.39 is 0 Å². The van der Waals surface area contributed by atoms with E-state index in [4.69, 9.17) is 0 Å². The minimum absolute atomic E-state index is 1.05. The molecule has 0 fully saturated rings. The Labute approximate surface area is 87.9 Å². The quantitative estimate of drug-likeness (QED) is 0.688. The third-order valence-electron chi connectivity index (χ3n) is 1.84. The largest absolute Gasteiger partial charge is 0.256 e. The predicted molar refractivity (Wildman–Crippen MR) is 64.4 cm³/mol. The zero-order valence-electron chi connectivity index (χ0n) is 9.96. The van der Waals surface area contributed by atoms with E-state index in [-0.39, 0.29) is 0 Å². The molecule has 1 nitrogen and oxygen atoms in total. The highest BCUT2D eigenvalue weighted by atomic mass is 14.7. The third-order valence-corrected chi connectivity index (χ3v) is 1.84. The molecule has 1 heterocycles. The van der Waals surface area contributed by atoms with Crippen LogP contribution >= 0.6 is 0 Å². The standard InChI is InChI=1S/C11H15N.C2H6/c1-4-6-11-10(5-2)7-9(3)8-12-11;1-2/h4,6-8H,5H2,1-3H3;1-2H3/b6-4-;. The van der Waals surface area contributed by atoms with Crippen molar-refractivity contribution in [3.8, 4) is 0 Å². The molecule has 0 saturated heterocycles. The van der Waals surface area contributed by atoms with Gasteiger partial charge in [-0.15, -0.1) is 0 Å². The van der Waals surface area contributed by atoms with Crippen molar-refractivity contribution in [3.63, 3.8) is 0 Å². The number of aryl methyl sites for hydroxylation is 2. The summed E-state index contributed by atoms with van der Waals surface area (Å²) in [7, 11) is 0. The lowest BCUT2D eigenvalue weighted by Crippen LogP contribution is -1.91. The molecule has 0 aliphatic carbocycles. The number of pyridine rings is 1. The number of allylic oxidation sites excluding steroid dienone is 1. The highest BCUT2D eigenvalue weighted by Gasteiger charge is 1.97. The van der Waals surface area contributed by atoms with Crippen LogP contribution in [0.3, 0.4) is 0 Å². The molecule has 1 heteroatoms. The Bertz CT molecular complexity index is 287. The number of hydrogen-bond acceptors (Lipinski definition) is 1. The number of nitrogens with zero attached hydrogens (tertiary/aromatic N) is 1. The molecule has 0 radical (unpaired) electrons. The number of hydrogen-bond donors (Lipinski definition) is 0. The monoisotopic (exact) mass is 191 g/mol. The molecule has 1 aromatic heterocycles. The van der Waals surface area contributed by atoms with Crippen molar-refractivity contribution >= 4 is 6.08 Å². The number of aromatic nitrogens is 1. The molecule has 0 N–H and O–H groups in total. The topological polar surface area (TPSA) is 12.9 Å². The van der Waals surface area contributed by atoms with Gasteiger partial charge in [0.2, 0.25) is 0 Å². The Balaban J connectivity index is 0.000000791. The zero-order chi connectivity index (χ0) is 11.0. The van der Waals surface area contributed by atoms with Crippen molar-refractivity contribution in [1.82, 2.24) is 4.98 Å². The van der Waals surface area contributed by atoms with E-state index in [2.05, 4.69) is 31.0 Å². The first kappa shape index (κ1) is 12.9. The fourth-order valence-corrected chi connectivity index (χ4v) is 1.23. The van der Waals surface area contributed by atoms with Crippen LogP contribution in [0.2, 0.25) is 0 Å². The van der Waals surface area contributed by atoms with Crippen molar-refractivity contribution in [1.29, 1.82) is 0 Å². The Hall–Kier alpha value is -1.11. The minimum atomic E-state index is 1.05. The molecule has 0 bridgehead atoms. The van der Waals surface area contributed by atoms with Gasteiger partial charge in [0.1, 0.15) is 0 Å². The Morgan fingerprint density at radius 3 is 2.50 bits per heavy atom. The van der Waals surface area contributed by atoms with E-state index in [1.165, 1.54) is 11.1 Å². The second kappa shape index (κ2) is 7.31. The maximum atomic E-state index is 4.35. The van der Waals surface area contributed by atoms with Gasteiger partial charge < -0.3 is 0 Å². The van der Waals surface area contributed by atoms with Crippen LogP contribution in [0.1, 0.15) is 44.5 Å². The van der Waals surface area contributed by atoms with Crippen LogP contribution in [0.15, 0.2) is 18.3 Å². The Kier molecular flexibility index (Phi) is 6.73. The van der Waals surface area contributed by atoms with Gasteiger partial charge in [-0.25, -0.2) is 0 Å². The van der Waals surface area contributed by atoms with E-state index in [0.717, 1.165) is 12.1 Å². The molecule has 0 unspecified atom stereocenters. The highest BCUT2D eigenvalue weighted by Crippen LogP contribution is 2.10. The molecule has 14 heavy (non-hydrogen) atoms. The molecule has 0 aliphatic heterocycles. The van der Waals surface area contributed by atoms with Gasteiger partial charge in [0.25, 0.3) is 0 Å². The fourth-order valence-electron chi connectivity index (χ4n) is 1.23. The van der Waals surface area contributed by atoms with Crippen LogP contribution < -0.4 is 0 Å². The van der Waals surface area contributed by atoms with E-state index >= 15 is 0 Å². The molecule has 0 amide bonds. The lowest BCUT2D eigenvalue weighted by Gasteiger charge is -2.02. The normalized spacial score (nSPS) is 9.79. The molecule has 0 atom stereocenters. The lowest BCUT2D eigenvalue weighted by molar-refractivity contribution is 1.07. The maximum absolute atomic E-state index is 4.35. The Morgan fingerprint density at radius 2 is 2.00 bits per heavy atom. The van der Waals surface area contributed by atoms with Crippen molar-refractivity contribution < 1.29 is 0 Å². The SMILES string of the molecule is C/C=C\c1ncc(C)cc1CC.CC.